The lowest BCUT2D eigenvalue weighted by Crippen LogP contribution is -2.02. The van der Waals surface area contributed by atoms with Crippen LogP contribution in [0.2, 0.25) is 5.02 Å². The van der Waals surface area contributed by atoms with Crippen LogP contribution in [0.1, 0.15) is 15.9 Å². The van der Waals surface area contributed by atoms with E-state index in [1.165, 1.54) is 6.07 Å². The van der Waals surface area contributed by atoms with E-state index in [1.807, 2.05) is 0 Å². The van der Waals surface area contributed by atoms with Gasteiger partial charge in [-0.05, 0) is 36.4 Å². The minimum atomic E-state index is -0.319. The van der Waals surface area contributed by atoms with Crippen molar-refractivity contribution < 1.29 is 14.6 Å². The number of methoxy groups -OCH3 is 1. The van der Waals surface area contributed by atoms with E-state index in [0.29, 0.717) is 11.3 Å². The number of phenolic OH excluding ortho intramolecular Hbond substituents is 1. The molecular weight excluding hydrogens is 252 g/mol. The van der Waals surface area contributed by atoms with E-state index in [9.17, 15) is 9.90 Å². The molecule has 4 heteroatoms. The Morgan fingerprint density at radius 1 is 1.17 bits per heavy atom. The monoisotopic (exact) mass is 262 g/mol. The third-order valence-electron chi connectivity index (χ3n) is 2.57. The Bertz CT molecular complexity index is 556. The van der Waals surface area contributed by atoms with Crippen LogP contribution in [0, 0.1) is 0 Å². The first-order valence-electron chi connectivity index (χ1n) is 5.29. The molecule has 92 valence electrons. The van der Waals surface area contributed by atoms with E-state index < -0.39 is 0 Å². The maximum atomic E-state index is 12.2. The molecule has 0 saturated heterocycles. The van der Waals surface area contributed by atoms with E-state index >= 15 is 0 Å². The molecule has 0 spiro atoms. The number of carbonyl (C=O) groups excluding carboxylic acids is 1. The molecule has 0 unspecified atom stereocenters. The van der Waals surface area contributed by atoms with Gasteiger partial charge in [-0.2, -0.15) is 0 Å². The highest BCUT2D eigenvalue weighted by Crippen LogP contribution is 2.28. The molecule has 0 radical (unpaired) electrons. The number of hydrogen-bond acceptors (Lipinski definition) is 3. The molecule has 0 saturated carbocycles. The fraction of sp³-hybridized carbons (Fsp3) is 0.0714. The van der Waals surface area contributed by atoms with Gasteiger partial charge in [-0.1, -0.05) is 17.7 Å². The van der Waals surface area contributed by atoms with Gasteiger partial charge >= 0.3 is 0 Å². The highest BCUT2D eigenvalue weighted by molar-refractivity contribution is 6.35. The fourth-order valence-corrected chi connectivity index (χ4v) is 1.88. The lowest BCUT2D eigenvalue weighted by Gasteiger charge is -2.06. The average molecular weight is 263 g/mol. The molecule has 2 rings (SSSR count). The minimum Gasteiger partial charge on any atom is -0.507 e. The Labute approximate surface area is 110 Å². The highest BCUT2D eigenvalue weighted by Gasteiger charge is 2.16. The highest BCUT2D eigenvalue weighted by atomic mass is 35.5. The van der Waals surface area contributed by atoms with E-state index in [2.05, 4.69) is 0 Å². The van der Waals surface area contributed by atoms with E-state index in [0.717, 1.165) is 0 Å². The number of rotatable bonds is 3. The zero-order valence-corrected chi connectivity index (χ0v) is 10.4. The summed E-state index contributed by atoms with van der Waals surface area (Å²) in [6.07, 6.45) is 0. The van der Waals surface area contributed by atoms with Crippen LogP contribution in [0.4, 0.5) is 0 Å². The Morgan fingerprint density at radius 2 is 1.83 bits per heavy atom. The molecule has 2 aromatic rings. The number of phenols is 1. The summed E-state index contributed by atoms with van der Waals surface area (Å²) in [7, 11) is 1.55. The van der Waals surface area contributed by atoms with Crippen molar-refractivity contribution in [1.29, 1.82) is 0 Å². The number of ketones is 1. The molecule has 2 aromatic carbocycles. The normalized spacial score (nSPS) is 10.1. The van der Waals surface area contributed by atoms with Crippen molar-refractivity contribution in [2.24, 2.45) is 0 Å². The fourth-order valence-electron chi connectivity index (χ4n) is 1.62. The first-order chi connectivity index (χ1) is 8.63. The van der Waals surface area contributed by atoms with E-state index in [1.54, 1.807) is 43.5 Å². The lowest BCUT2D eigenvalue weighted by molar-refractivity contribution is 0.103. The van der Waals surface area contributed by atoms with Crippen LogP contribution in [0.3, 0.4) is 0 Å². The molecule has 0 bridgehead atoms. The predicted octanol–water partition coefficient (Wildman–Crippen LogP) is 3.29. The average Bonchev–Trinajstić information content (AvgIpc) is 2.38. The number of hydrogen-bond donors (Lipinski definition) is 1. The van der Waals surface area contributed by atoms with Gasteiger partial charge in [-0.15, -0.1) is 0 Å². The van der Waals surface area contributed by atoms with Gasteiger partial charge in [0.15, 0.2) is 5.78 Å². The lowest BCUT2D eigenvalue weighted by atomic mass is 10.0. The molecule has 18 heavy (non-hydrogen) atoms. The zero-order chi connectivity index (χ0) is 13.1. The largest absolute Gasteiger partial charge is 0.507 e. The summed E-state index contributed by atoms with van der Waals surface area (Å²) in [6, 6.07) is 11.2. The Hall–Kier alpha value is -2.00. The first kappa shape index (κ1) is 12.5. The summed E-state index contributed by atoms with van der Waals surface area (Å²) in [4.78, 5) is 12.2. The molecule has 0 aromatic heterocycles. The number of carbonyl (C=O) groups is 1. The second kappa shape index (κ2) is 5.10. The summed E-state index contributed by atoms with van der Waals surface area (Å²) in [6.45, 7) is 0. The van der Waals surface area contributed by atoms with E-state index in [4.69, 9.17) is 16.3 Å². The van der Waals surface area contributed by atoms with Crippen LogP contribution in [-0.2, 0) is 0 Å². The number of ether oxygens (including phenoxy) is 1. The van der Waals surface area contributed by atoms with Crippen LogP contribution in [-0.4, -0.2) is 18.0 Å². The molecule has 0 aliphatic heterocycles. The molecule has 0 amide bonds. The zero-order valence-electron chi connectivity index (χ0n) is 9.68. The standard InChI is InChI=1S/C14H11ClO3/c1-18-10-7-5-9(6-8-10)14(17)13-11(15)3-2-4-12(13)16/h2-8,16H,1H3. The third kappa shape index (κ3) is 2.31. The third-order valence-corrected chi connectivity index (χ3v) is 2.89. The van der Waals surface area contributed by atoms with Crippen LogP contribution >= 0.6 is 11.6 Å². The summed E-state index contributed by atoms with van der Waals surface area (Å²) in [5.41, 5.74) is 0.559. The molecule has 0 atom stereocenters. The van der Waals surface area contributed by atoms with Gasteiger partial charge in [0.25, 0.3) is 0 Å². The summed E-state index contributed by atoms with van der Waals surface area (Å²) >= 11 is 5.93. The van der Waals surface area contributed by atoms with Crippen molar-refractivity contribution in [2.45, 2.75) is 0 Å². The number of benzene rings is 2. The van der Waals surface area contributed by atoms with Crippen LogP contribution in [0.5, 0.6) is 11.5 Å². The summed E-state index contributed by atoms with van der Waals surface area (Å²) in [5, 5.41) is 9.93. The molecule has 0 aliphatic rings. The Morgan fingerprint density at radius 3 is 2.39 bits per heavy atom. The van der Waals surface area contributed by atoms with Gasteiger partial charge in [0.1, 0.15) is 11.5 Å². The van der Waals surface area contributed by atoms with Crippen molar-refractivity contribution >= 4 is 17.4 Å². The Kier molecular flexibility index (Phi) is 3.53. The smallest absolute Gasteiger partial charge is 0.198 e. The van der Waals surface area contributed by atoms with Crippen molar-refractivity contribution in [3.8, 4) is 11.5 Å². The molecular formula is C14H11ClO3. The van der Waals surface area contributed by atoms with Crippen molar-refractivity contribution in [3.63, 3.8) is 0 Å². The SMILES string of the molecule is COc1ccc(C(=O)c2c(O)cccc2Cl)cc1. The summed E-state index contributed by atoms with van der Waals surface area (Å²) in [5.74, 6) is 0.221. The molecule has 0 fully saturated rings. The van der Waals surface area contributed by atoms with E-state index in [-0.39, 0.29) is 22.1 Å². The van der Waals surface area contributed by atoms with Gasteiger partial charge in [-0.25, -0.2) is 0 Å². The van der Waals surface area contributed by atoms with Crippen LogP contribution in [0.15, 0.2) is 42.5 Å². The molecule has 0 aliphatic carbocycles. The Balaban J connectivity index is 2.41. The topological polar surface area (TPSA) is 46.5 Å². The second-order valence-corrected chi connectivity index (χ2v) is 4.10. The van der Waals surface area contributed by atoms with Gasteiger partial charge in [0.2, 0.25) is 0 Å². The van der Waals surface area contributed by atoms with Gasteiger partial charge < -0.3 is 9.84 Å². The summed E-state index contributed by atoms with van der Waals surface area (Å²) < 4.78 is 5.02. The quantitative estimate of drug-likeness (QED) is 0.864. The minimum absolute atomic E-state index is 0.115. The van der Waals surface area contributed by atoms with Gasteiger partial charge in [-0.3, -0.25) is 4.79 Å². The van der Waals surface area contributed by atoms with Gasteiger partial charge in [0.05, 0.1) is 17.7 Å². The maximum absolute atomic E-state index is 12.2. The molecule has 3 nitrogen and oxygen atoms in total. The maximum Gasteiger partial charge on any atom is 0.198 e. The molecule has 1 N–H and O–H groups in total. The van der Waals surface area contributed by atoms with Crippen LogP contribution < -0.4 is 4.74 Å². The number of halogens is 1. The molecule has 0 heterocycles. The predicted molar refractivity (Wildman–Crippen MR) is 69.5 cm³/mol. The van der Waals surface area contributed by atoms with Crippen molar-refractivity contribution in [1.82, 2.24) is 0 Å². The van der Waals surface area contributed by atoms with Gasteiger partial charge in [0, 0.05) is 5.56 Å². The first-order valence-corrected chi connectivity index (χ1v) is 5.67. The van der Waals surface area contributed by atoms with Crippen molar-refractivity contribution in [3.05, 3.63) is 58.6 Å². The number of aromatic hydroxyl groups is 1. The van der Waals surface area contributed by atoms with Crippen LogP contribution in [0.25, 0.3) is 0 Å². The second-order valence-electron chi connectivity index (χ2n) is 3.69. The van der Waals surface area contributed by atoms with Crippen molar-refractivity contribution in [2.75, 3.05) is 7.11 Å².